The number of hydrogen-bond acceptors (Lipinski definition) is 4. The van der Waals surface area contributed by atoms with E-state index < -0.39 is 0 Å². The Labute approximate surface area is 95.6 Å². The van der Waals surface area contributed by atoms with Crippen molar-refractivity contribution < 1.29 is 4.74 Å². The predicted octanol–water partition coefficient (Wildman–Crippen LogP) is 0.427. The summed E-state index contributed by atoms with van der Waals surface area (Å²) in [4.78, 5) is 6.65. The first-order valence-corrected chi connectivity index (χ1v) is 5.89. The molecule has 0 saturated carbocycles. The second kappa shape index (κ2) is 4.49. The molecule has 4 heteroatoms. The first kappa shape index (κ1) is 10.2. The molecule has 86 valence electrons. The van der Waals surface area contributed by atoms with Crippen LogP contribution in [0.1, 0.15) is 11.6 Å². The summed E-state index contributed by atoms with van der Waals surface area (Å²) >= 11 is 0. The Morgan fingerprint density at radius 3 is 3.06 bits per heavy atom. The van der Waals surface area contributed by atoms with Gasteiger partial charge in [0.25, 0.3) is 0 Å². The molecule has 16 heavy (non-hydrogen) atoms. The van der Waals surface area contributed by atoms with Crippen molar-refractivity contribution in [3.05, 3.63) is 30.1 Å². The van der Waals surface area contributed by atoms with E-state index in [1.807, 2.05) is 12.4 Å². The summed E-state index contributed by atoms with van der Waals surface area (Å²) in [6.45, 7) is 4.83. The minimum absolute atomic E-state index is 0.477. The lowest BCUT2D eigenvalue weighted by Crippen LogP contribution is -2.58. The highest BCUT2D eigenvalue weighted by Gasteiger charge is 2.33. The van der Waals surface area contributed by atoms with Crippen LogP contribution in [0.4, 0.5) is 0 Å². The van der Waals surface area contributed by atoms with Crippen LogP contribution in [0.15, 0.2) is 24.5 Å². The van der Waals surface area contributed by atoms with Gasteiger partial charge in [0.05, 0.1) is 13.2 Å². The molecule has 0 aliphatic carbocycles. The number of nitrogens with zero attached hydrogens (tertiary/aromatic N) is 2. The minimum atomic E-state index is 0.477. The maximum absolute atomic E-state index is 5.53. The van der Waals surface area contributed by atoms with Gasteiger partial charge < -0.3 is 10.1 Å². The first-order chi connectivity index (χ1) is 7.95. The number of hydrogen-bond donors (Lipinski definition) is 1. The lowest BCUT2D eigenvalue weighted by Gasteiger charge is -2.45. The number of morpholine rings is 1. The standard InChI is InChI=1S/C12H17N3O/c1-3-13-4-2-10(1)12-8-14-7-11-9-16-6-5-15(11)12/h1-4,11-12,14H,5-9H2. The molecule has 2 fully saturated rings. The second-order valence-electron chi connectivity index (χ2n) is 4.42. The summed E-state index contributed by atoms with van der Waals surface area (Å²) in [5.41, 5.74) is 1.36. The van der Waals surface area contributed by atoms with Gasteiger partial charge in [-0.05, 0) is 17.7 Å². The van der Waals surface area contributed by atoms with Gasteiger partial charge >= 0.3 is 0 Å². The van der Waals surface area contributed by atoms with Crippen LogP contribution in [-0.2, 0) is 4.74 Å². The predicted molar refractivity (Wildman–Crippen MR) is 61.2 cm³/mol. The van der Waals surface area contributed by atoms with Gasteiger partial charge in [0.15, 0.2) is 0 Å². The number of nitrogens with one attached hydrogen (secondary N) is 1. The van der Waals surface area contributed by atoms with E-state index in [2.05, 4.69) is 27.3 Å². The summed E-state index contributed by atoms with van der Waals surface area (Å²) in [6.07, 6.45) is 3.75. The summed E-state index contributed by atoms with van der Waals surface area (Å²) in [6, 6.07) is 5.24. The third kappa shape index (κ3) is 1.84. The molecule has 0 bridgehead atoms. The molecule has 0 spiro atoms. The third-order valence-corrected chi connectivity index (χ3v) is 3.48. The van der Waals surface area contributed by atoms with Crippen LogP contribution in [0.3, 0.4) is 0 Å². The maximum Gasteiger partial charge on any atom is 0.0635 e. The van der Waals surface area contributed by atoms with E-state index in [1.54, 1.807) is 0 Å². The van der Waals surface area contributed by atoms with E-state index in [4.69, 9.17) is 4.74 Å². The Kier molecular flexibility index (Phi) is 2.86. The molecule has 1 aromatic rings. The molecular weight excluding hydrogens is 202 g/mol. The second-order valence-corrected chi connectivity index (χ2v) is 4.42. The van der Waals surface area contributed by atoms with Gasteiger partial charge in [0.1, 0.15) is 0 Å². The number of ether oxygens (including phenoxy) is 1. The fourth-order valence-electron chi connectivity index (χ4n) is 2.65. The van der Waals surface area contributed by atoms with Gasteiger partial charge in [-0.15, -0.1) is 0 Å². The van der Waals surface area contributed by atoms with Crippen molar-refractivity contribution in [2.24, 2.45) is 0 Å². The zero-order chi connectivity index (χ0) is 10.8. The lowest BCUT2D eigenvalue weighted by atomic mass is 10.0. The molecule has 2 atom stereocenters. The average molecular weight is 219 g/mol. The highest BCUT2D eigenvalue weighted by Crippen LogP contribution is 2.26. The van der Waals surface area contributed by atoms with Crippen molar-refractivity contribution in [1.82, 2.24) is 15.2 Å². The van der Waals surface area contributed by atoms with Crippen molar-refractivity contribution in [1.29, 1.82) is 0 Å². The molecule has 2 unspecified atom stereocenters. The molecule has 2 saturated heterocycles. The van der Waals surface area contributed by atoms with Gasteiger partial charge in [-0.3, -0.25) is 9.88 Å². The lowest BCUT2D eigenvalue weighted by molar-refractivity contribution is -0.0427. The van der Waals surface area contributed by atoms with Crippen LogP contribution in [0, 0.1) is 0 Å². The molecule has 0 radical (unpaired) electrons. The Hall–Kier alpha value is -0.970. The quantitative estimate of drug-likeness (QED) is 0.743. The van der Waals surface area contributed by atoms with E-state index in [0.717, 1.165) is 32.8 Å². The molecule has 2 aliphatic heterocycles. The number of aromatic nitrogens is 1. The maximum atomic E-state index is 5.53. The molecule has 0 aromatic carbocycles. The fraction of sp³-hybridized carbons (Fsp3) is 0.583. The third-order valence-electron chi connectivity index (χ3n) is 3.48. The molecule has 3 rings (SSSR count). The molecule has 1 N–H and O–H groups in total. The summed E-state index contributed by atoms with van der Waals surface area (Å²) in [5, 5.41) is 3.49. The smallest absolute Gasteiger partial charge is 0.0635 e. The highest BCUT2D eigenvalue weighted by molar-refractivity contribution is 5.17. The average Bonchev–Trinajstić information content (AvgIpc) is 2.39. The number of fused-ring (bicyclic) bond motifs is 1. The number of pyridine rings is 1. The van der Waals surface area contributed by atoms with Gasteiger partial charge in [-0.25, -0.2) is 0 Å². The summed E-state index contributed by atoms with van der Waals surface area (Å²) in [7, 11) is 0. The van der Waals surface area contributed by atoms with E-state index in [9.17, 15) is 0 Å². The van der Waals surface area contributed by atoms with Crippen molar-refractivity contribution in [2.75, 3.05) is 32.8 Å². The number of rotatable bonds is 1. The Balaban J connectivity index is 1.83. The van der Waals surface area contributed by atoms with Gasteiger partial charge in [-0.2, -0.15) is 0 Å². The summed E-state index contributed by atoms with van der Waals surface area (Å²) < 4.78 is 5.53. The zero-order valence-corrected chi connectivity index (χ0v) is 9.30. The van der Waals surface area contributed by atoms with Crippen LogP contribution < -0.4 is 5.32 Å². The Bertz CT molecular complexity index is 341. The topological polar surface area (TPSA) is 37.4 Å². The Morgan fingerprint density at radius 1 is 1.31 bits per heavy atom. The van der Waals surface area contributed by atoms with Crippen molar-refractivity contribution in [3.63, 3.8) is 0 Å². The van der Waals surface area contributed by atoms with Crippen molar-refractivity contribution in [2.45, 2.75) is 12.1 Å². The SMILES string of the molecule is c1cc(C2CNCC3COCCN32)ccn1. The van der Waals surface area contributed by atoms with Crippen molar-refractivity contribution in [3.8, 4) is 0 Å². The normalized spacial score (nSPS) is 31.0. The minimum Gasteiger partial charge on any atom is -0.378 e. The van der Waals surface area contributed by atoms with Crippen LogP contribution in [-0.4, -0.2) is 48.8 Å². The van der Waals surface area contributed by atoms with E-state index in [1.165, 1.54) is 5.56 Å². The molecule has 1 aromatic heterocycles. The fourth-order valence-corrected chi connectivity index (χ4v) is 2.65. The van der Waals surface area contributed by atoms with Crippen LogP contribution in [0.25, 0.3) is 0 Å². The van der Waals surface area contributed by atoms with E-state index in [-0.39, 0.29) is 0 Å². The Morgan fingerprint density at radius 2 is 2.19 bits per heavy atom. The molecule has 3 heterocycles. The van der Waals surface area contributed by atoms with Crippen LogP contribution in [0.2, 0.25) is 0 Å². The molecule has 0 amide bonds. The highest BCUT2D eigenvalue weighted by atomic mass is 16.5. The van der Waals surface area contributed by atoms with Gasteiger partial charge in [-0.1, -0.05) is 0 Å². The first-order valence-electron chi connectivity index (χ1n) is 5.89. The van der Waals surface area contributed by atoms with Crippen LogP contribution >= 0.6 is 0 Å². The van der Waals surface area contributed by atoms with Gasteiger partial charge in [0, 0.05) is 44.1 Å². The largest absolute Gasteiger partial charge is 0.378 e. The van der Waals surface area contributed by atoms with Crippen molar-refractivity contribution >= 4 is 0 Å². The molecule has 2 aliphatic rings. The van der Waals surface area contributed by atoms with E-state index in [0.29, 0.717) is 12.1 Å². The monoisotopic (exact) mass is 219 g/mol. The molecular formula is C12H17N3O. The molecule has 4 nitrogen and oxygen atoms in total. The van der Waals surface area contributed by atoms with Gasteiger partial charge in [0.2, 0.25) is 0 Å². The van der Waals surface area contributed by atoms with Crippen LogP contribution in [0.5, 0.6) is 0 Å². The zero-order valence-electron chi connectivity index (χ0n) is 9.30. The summed E-state index contributed by atoms with van der Waals surface area (Å²) in [5.74, 6) is 0. The van der Waals surface area contributed by atoms with E-state index >= 15 is 0 Å². The number of piperazine rings is 1.